The van der Waals surface area contributed by atoms with Crippen molar-refractivity contribution in [1.82, 2.24) is 0 Å². The van der Waals surface area contributed by atoms with Gasteiger partial charge in [-0.15, -0.1) is 13.2 Å². The van der Waals surface area contributed by atoms with Crippen molar-refractivity contribution in [3.8, 4) is 5.75 Å². The first-order valence-corrected chi connectivity index (χ1v) is 8.58. The van der Waals surface area contributed by atoms with Gasteiger partial charge in [0, 0.05) is 0 Å². The highest BCUT2D eigenvalue weighted by Gasteiger charge is 2.53. The minimum atomic E-state index is -6.02. The summed E-state index contributed by atoms with van der Waals surface area (Å²) in [6.07, 6.45) is -5.05. The SMILES string of the molecule is CC(S(=O)(=O)c1ccc(OC(F)(F)F)cc1)S(=O)(=O)C(F)(F)F. The van der Waals surface area contributed by atoms with E-state index >= 15 is 0 Å². The maximum Gasteiger partial charge on any atom is 0.573 e. The van der Waals surface area contributed by atoms with Crippen molar-refractivity contribution in [1.29, 1.82) is 0 Å². The molecule has 0 fully saturated rings. The van der Waals surface area contributed by atoms with E-state index in [1.807, 2.05) is 0 Å². The number of sulfone groups is 2. The summed E-state index contributed by atoms with van der Waals surface area (Å²) in [5, 5.41) is 0. The van der Waals surface area contributed by atoms with Crippen LogP contribution in [0.25, 0.3) is 0 Å². The average Bonchev–Trinajstić information content (AvgIpc) is 2.35. The van der Waals surface area contributed by atoms with E-state index in [0.29, 0.717) is 31.2 Å². The van der Waals surface area contributed by atoms with Gasteiger partial charge >= 0.3 is 11.9 Å². The van der Waals surface area contributed by atoms with Crippen LogP contribution in [0.1, 0.15) is 6.92 Å². The number of halogens is 6. The molecule has 1 aromatic carbocycles. The van der Waals surface area contributed by atoms with E-state index in [0.717, 1.165) is 0 Å². The Kier molecular flexibility index (Phi) is 4.97. The lowest BCUT2D eigenvalue weighted by molar-refractivity contribution is -0.274. The number of hydrogen-bond acceptors (Lipinski definition) is 5. The van der Waals surface area contributed by atoms with Crippen LogP contribution in [-0.2, 0) is 19.7 Å². The number of hydrogen-bond donors (Lipinski definition) is 0. The van der Waals surface area contributed by atoms with Gasteiger partial charge in [-0.25, -0.2) is 16.8 Å². The Labute approximate surface area is 126 Å². The van der Waals surface area contributed by atoms with Crippen molar-refractivity contribution < 1.29 is 47.9 Å². The first-order chi connectivity index (χ1) is 10.1. The molecule has 13 heteroatoms. The van der Waals surface area contributed by atoms with Crippen LogP contribution in [0, 0.1) is 0 Å². The minimum absolute atomic E-state index is 0.318. The van der Waals surface area contributed by atoms with Crippen molar-refractivity contribution in [3.05, 3.63) is 24.3 Å². The third-order valence-electron chi connectivity index (χ3n) is 2.58. The molecule has 0 radical (unpaired) electrons. The van der Waals surface area contributed by atoms with Crippen molar-refractivity contribution in [2.24, 2.45) is 0 Å². The molecule has 1 rings (SSSR count). The summed E-state index contributed by atoms with van der Waals surface area (Å²) in [5.74, 6) is -0.817. The second-order valence-corrected chi connectivity index (χ2v) is 8.95. The van der Waals surface area contributed by atoms with E-state index < -0.39 is 46.8 Å². The van der Waals surface area contributed by atoms with Gasteiger partial charge < -0.3 is 4.74 Å². The highest BCUT2D eigenvalue weighted by Crippen LogP contribution is 2.32. The molecule has 0 aromatic heterocycles. The summed E-state index contributed by atoms with van der Waals surface area (Å²) in [4.78, 5) is -0.896. The molecule has 0 heterocycles. The van der Waals surface area contributed by atoms with E-state index in [-0.39, 0.29) is 0 Å². The van der Waals surface area contributed by atoms with E-state index in [9.17, 15) is 43.2 Å². The smallest absolute Gasteiger partial charge is 0.406 e. The van der Waals surface area contributed by atoms with Crippen LogP contribution in [0.15, 0.2) is 29.2 Å². The first-order valence-electron chi connectivity index (χ1n) is 5.49. The zero-order valence-electron chi connectivity index (χ0n) is 11.0. The zero-order valence-corrected chi connectivity index (χ0v) is 12.6. The van der Waals surface area contributed by atoms with Gasteiger partial charge in [-0.3, -0.25) is 0 Å². The van der Waals surface area contributed by atoms with Crippen LogP contribution in [0.5, 0.6) is 5.75 Å². The molecule has 132 valence electrons. The number of ether oxygens (including phenoxy) is 1. The zero-order chi connectivity index (χ0) is 18.3. The summed E-state index contributed by atoms with van der Waals surface area (Å²) in [6.45, 7) is 0.318. The topological polar surface area (TPSA) is 77.5 Å². The lowest BCUT2D eigenvalue weighted by atomic mass is 10.3. The second kappa shape index (κ2) is 5.85. The predicted octanol–water partition coefficient (Wildman–Crippen LogP) is 2.64. The van der Waals surface area contributed by atoms with E-state index in [4.69, 9.17) is 0 Å². The Bertz CT molecular complexity index is 761. The second-order valence-electron chi connectivity index (χ2n) is 4.12. The Balaban J connectivity index is 3.20. The van der Waals surface area contributed by atoms with Gasteiger partial charge in [0.25, 0.3) is 9.84 Å². The summed E-state index contributed by atoms with van der Waals surface area (Å²) >= 11 is 0. The molecule has 1 aromatic rings. The molecular formula is C10H8F6O5S2. The van der Waals surface area contributed by atoms with Crippen molar-refractivity contribution in [2.45, 2.75) is 28.3 Å². The lowest BCUT2D eigenvalue weighted by Gasteiger charge is -2.16. The minimum Gasteiger partial charge on any atom is -0.406 e. The monoisotopic (exact) mass is 386 g/mol. The molecule has 0 aliphatic carbocycles. The molecule has 23 heavy (non-hydrogen) atoms. The molecule has 0 amide bonds. The quantitative estimate of drug-likeness (QED) is 0.744. The maximum absolute atomic E-state index is 12.4. The Hall–Kier alpha value is -1.50. The van der Waals surface area contributed by atoms with Crippen LogP contribution >= 0.6 is 0 Å². The molecule has 0 spiro atoms. The van der Waals surface area contributed by atoms with Crippen molar-refractivity contribution >= 4 is 19.7 Å². The summed E-state index contributed by atoms with van der Waals surface area (Å²) in [7, 11) is -11.0. The number of rotatable bonds is 4. The van der Waals surface area contributed by atoms with Crippen LogP contribution in [-0.4, -0.2) is 33.3 Å². The van der Waals surface area contributed by atoms with Gasteiger partial charge in [0.2, 0.25) is 0 Å². The molecule has 1 unspecified atom stereocenters. The van der Waals surface area contributed by atoms with Crippen LogP contribution < -0.4 is 4.74 Å². The molecule has 1 atom stereocenters. The summed E-state index contributed by atoms with van der Waals surface area (Å²) in [5.41, 5.74) is -5.79. The molecular weight excluding hydrogens is 378 g/mol. The first kappa shape index (κ1) is 19.5. The summed E-state index contributed by atoms with van der Waals surface area (Å²) < 4.78 is 120. The van der Waals surface area contributed by atoms with Crippen molar-refractivity contribution in [3.63, 3.8) is 0 Å². The van der Waals surface area contributed by atoms with E-state index in [2.05, 4.69) is 4.74 Å². The van der Waals surface area contributed by atoms with Crippen LogP contribution in [0.4, 0.5) is 26.3 Å². The maximum atomic E-state index is 12.4. The van der Waals surface area contributed by atoms with Gasteiger partial charge in [-0.1, -0.05) is 0 Å². The Morgan fingerprint density at radius 2 is 1.35 bits per heavy atom. The van der Waals surface area contributed by atoms with Gasteiger partial charge in [-0.2, -0.15) is 13.2 Å². The van der Waals surface area contributed by atoms with Gasteiger partial charge in [0.15, 0.2) is 14.4 Å². The van der Waals surface area contributed by atoms with Gasteiger partial charge in [0.05, 0.1) is 4.90 Å². The van der Waals surface area contributed by atoms with Gasteiger partial charge in [-0.05, 0) is 31.2 Å². The molecule has 0 bridgehead atoms. The Morgan fingerprint density at radius 3 is 1.70 bits per heavy atom. The lowest BCUT2D eigenvalue weighted by Crippen LogP contribution is -2.37. The van der Waals surface area contributed by atoms with E-state index in [1.165, 1.54) is 0 Å². The normalized spacial score (nSPS) is 15.3. The van der Waals surface area contributed by atoms with Gasteiger partial charge in [0.1, 0.15) is 5.75 Å². The largest absolute Gasteiger partial charge is 0.573 e. The standard InChI is InChI=1S/C10H8F6O5S2/c1-6(23(19,20)10(14,15)16)22(17,18)8-4-2-7(3-5-8)21-9(11,12)13/h2-6H,1H3. The summed E-state index contributed by atoms with van der Waals surface area (Å²) in [6, 6.07) is 2.10. The third-order valence-corrected chi connectivity index (χ3v) is 7.42. The fourth-order valence-corrected chi connectivity index (χ4v) is 4.65. The Morgan fingerprint density at radius 1 is 0.913 bits per heavy atom. The highest BCUT2D eigenvalue weighted by atomic mass is 32.3. The number of alkyl halides is 6. The average molecular weight is 386 g/mol. The molecule has 5 nitrogen and oxygen atoms in total. The fourth-order valence-electron chi connectivity index (χ4n) is 1.38. The van der Waals surface area contributed by atoms with E-state index in [1.54, 1.807) is 0 Å². The molecule has 0 saturated carbocycles. The van der Waals surface area contributed by atoms with Crippen LogP contribution in [0.3, 0.4) is 0 Å². The number of benzene rings is 1. The van der Waals surface area contributed by atoms with Crippen molar-refractivity contribution in [2.75, 3.05) is 0 Å². The fraction of sp³-hybridized carbons (Fsp3) is 0.400. The predicted molar refractivity (Wildman–Crippen MR) is 64.7 cm³/mol. The van der Waals surface area contributed by atoms with Crippen LogP contribution in [0.2, 0.25) is 0 Å². The molecule has 0 N–H and O–H groups in total. The molecule has 0 aliphatic rings. The third kappa shape index (κ3) is 4.28. The molecule has 0 aliphatic heterocycles. The molecule has 0 saturated heterocycles. The highest BCUT2D eigenvalue weighted by molar-refractivity contribution is 8.09.